The molecule has 1 atom stereocenters. The lowest BCUT2D eigenvalue weighted by atomic mass is 9.80. The minimum atomic E-state index is 0.184. The van der Waals surface area contributed by atoms with Crippen molar-refractivity contribution in [3.8, 4) is 0 Å². The van der Waals surface area contributed by atoms with Crippen LogP contribution in [0.25, 0.3) is 0 Å². The van der Waals surface area contributed by atoms with Gasteiger partial charge in [0.15, 0.2) is 0 Å². The summed E-state index contributed by atoms with van der Waals surface area (Å²) < 4.78 is 5.10. The van der Waals surface area contributed by atoms with Crippen LogP contribution in [0.1, 0.15) is 49.1 Å². The Hall–Kier alpha value is -0.530. The van der Waals surface area contributed by atoms with E-state index in [1.807, 2.05) is 0 Å². The largest absolute Gasteiger partial charge is 0.384 e. The van der Waals surface area contributed by atoms with E-state index >= 15 is 0 Å². The van der Waals surface area contributed by atoms with E-state index in [9.17, 15) is 0 Å². The fourth-order valence-electron chi connectivity index (χ4n) is 2.94. The molecule has 1 unspecified atom stereocenters. The summed E-state index contributed by atoms with van der Waals surface area (Å²) in [5.74, 6) is 1.54. The van der Waals surface area contributed by atoms with Crippen LogP contribution in [0.15, 0.2) is 24.3 Å². The monoisotopic (exact) mass is 280 g/mol. The molecule has 2 heteroatoms. The van der Waals surface area contributed by atoms with Gasteiger partial charge in [-0.05, 0) is 42.2 Å². The molecule has 0 aromatic heterocycles. The van der Waals surface area contributed by atoms with Crippen LogP contribution >= 0.6 is 11.6 Å². The van der Waals surface area contributed by atoms with Crippen LogP contribution < -0.4 is 0 Å². The van der Waals surface area contributed by atoms with Crippen molar-refractivity contribution in [3.05, 3.63) is 35.4 Å². The molecular formula is C17H25ClO. The zero-order valence-corrected chi connectivity index (χ0v) is 12.8. The van der Waals surface area contributed by atoms with Gasteiger partial charge in [0, 0.05) is 7.11 Å². The van der Waals surface area contributed by atoms with Gasteiger partial charge in [-0.25, -0.2) is 0 Å². The normalized spacial score (nSPS) is 25.2. The van der Waals surface area contributed by atoms with E-state index in [2.05, 4.69) is 31.2 Å². The van der Waals surface area contributed by atoms with Gasteiger partial charge < -0.3 is 4.74 Å². The highest BCUT2D eigenvalue weighted by atomic mass is 35.5. The molecule has 0 aliphatic heterocycles. The van der Waals surface area contributed by atoms with Gasteiger partial charge in [-0.3, -0.25) is 0 Å². The number of hydrogen-bond donors (Lipinski definition) is 0. The van der Waals surface area contributed by atoms with Crippen LogP contribution in [0.4, 0.5) is 0 Å². The summed E-state index contributed by atoms with van der Waals surface area (Å²) in [6, 6.07) is 8.77. The molecule has 106 valence electrons. The second-order valence-electron chi connectivity index (χ2n) is 5.91. The minimum Gasteiger partial charge on any atom is -0.384 e. The van der Waals surface area contributed by atoms with Gasteiger partial charge in [-0.1, -0.05) is 44.0 Å². The van der Waals surface area contributed by atoms with Crippen molar-refractivity contribution in [2.75, 3.05) is 13.7 Å². The van der Waals surface area contributed by atoms with Gasteiger partial charge in [-0.2, -0.15) is 0 Å². The number of halogens is 1. The topological polar surface area (TPSA) is 9.23 Å². The summed E-state index contributed by atoms with van der Waals surface area (Å²) >= 11 is 6.66. The van der Waals surface area contributed by atoms with Gasteiger partial charge in [-0.15, -0.1) is 11.6 Å². The first-order valence-electron chi connectivity index (χ1n) is 7.42. The lowest BCUT2D eigenvalue weighted by molar-refractivity contribution is 0.202. The molecule has 0 saturated heterocycles. The first-order chi connectivity index (χ1) is 9.20. The third-order valence-corrected chi connectivity index (χ3v) is 4.98. The molecule has 1 aromatic rings. The summed E-state index contributed by atoms with van der Waals surface area (Å²) in [6.45, 7) is 3.13. The highest BCUT2D eigenvalue weighted by Gasteiger charge is 2.25. The Balaban J connectivity index is 1.93. The first kappa shape index (κ1) is 14.9. The van der Waals surface area contributed by atoms with Gasteiger partial charge in [0.25, 0.3) is 0 Å². The highest BCUT2D eigenvalue weighted by molar-refractivity contribution is 6.21. The number of methoxy groups -OCH3 is 1. The van der Waals surface area contributed by atoms with Crippen molar-refractivity contribution in [1.82, 2.24) is 0 Å². The Morgan fingerprint density at radius 3 is 2.37 bits per heavy atom. The third-order valence-electron chi connectivity index (χ3n) is 4.37. The molecule has 1 aliphatic carbocycles. The van der Waals surface area contributed by atoms with Gasteiger partial charge in [0.05, 0.1) is 12.0 Å². The minimum absolute atomic E-state index is 0.184. The first-order valence-corrected chi connectivity index (χ1v) is 7.86. The molecule has 1 nitrogen and oxygen atoms in total. The quantitative estimate of drug-likeness (QED) is 0.691. The summed E-state index contributed by atoms with van der Waals surface area (Å²) in [7, 11) is 1.74. The summed E-state index contributed by atoms with van der Waals surface area (Å²) in [6.07, 6.45) is 6.20. The van der Waals surface area contributed by atoms with Crippen molar-refractivity contribution in [2.24, 2.45) is 11.8 Å². The molecule has 0 N–H and O–H groups in total. The van der Waals surface area contributed by atoms with Crippen LogP contribution in [0.3, 0.4) is 0 Å². The maximum Gasteiger partial charge on any atom is 0.0613 e. The molecular weight excluding hydrogens is 256 g/mol. The van der Waals surface area contributed by atoms with E-state index in [0.29, 0.717) is 5.92 Å². The number of rotatable bonds is 5. The summed E-state index contributed by atoms with van der Waals surface area (Å²) in [5, 5.41) is 0.184. The lowest BCUT2D eigenvalue weighted by Crippen LogP contribution is -2.16. The Morgan fingerprint density at radius 1 is 1.16 bits per heavy atom. The van der Waals surface area contributed by atoms with Crippen molar-refractivity contribution < 1.29 is 4.74 Å². The van der Waals surface area contributed by atoms with Crippen LogP contribution in [0, 0.1) is 11.8 Å². The highest BCUT2D eigenvalue weighted by Crippen LogP contribution is 2.40. The molecule has 19 heavy (non-hydrogen) atoms. The van der Waals surface area contributed by atoms with Crippen molar-refractivity contribution in [2.45, 2.75) is 44.4 Å². The average Bonchev–Trinajstić information content (AvgIpc) is 2.46. The Kier molecular flexibility index (Phi) is 5.72. The van der Waals surface area contributed by atoms with Crippen LogP contribution in [-0.4, -0.2) is 13.7 Å². The molecule has 0 radical (unpaired) electrons. The summed E-state index contributed by atoms with van der Waals surface area (Å²) in [4.78, 5) is 0. The average molecular weight is 281 g/mol. The number of alkyl halides is 1. The summed E-state index contributed by atoms with van der Waals surface area (Å²) in [5.41, 5.74) is 2.61. The van der Waals surface area contributed by atoms with Crippen LogP contribution in [0.5, 0.6) is 0 Å². The van der Waals surface area contributed by atoms with E-state index in [1.54, 1.807) is 7.11 Å². The fraction of sp³-hybridized carbons (Fsp3) is 0.647. The van der Waals surface area contributed by atoms with Gasteiger partial charge in [0.2, 0.25) is 0 Å². The predicted octanol–water partition coefficient (Wildman–Crippen LogP) is 4.98. The van der Waals surface area contributed by atoms with Crippen LogP contribution in [-0.2, 0) is 11.2 Å². The van der Waals surface area contributed by atoms with E-state index < -0.39 is 0 Å². The smallest absolute Gasteiger partial charge is 0.0613 e. The molecule has 1 aromatic carbocycles. The number of ether oxygens (including phenoxy) is 1. The Labute approximate surface area is 122 Å². The van der Waals surface area contributed by atoms with E-state index in [-0.39, 0.29) is 5.38 Å². The zero-order chi connectivity index (χ0) is 13.7. The Morgan fingerprint density at radius 2 is 1.79 bits per heavy atom. The second kappa shape index (κ2) is 7.31. The predicted molar refractivity (Wildman–Crippen MR) is 81.7 cm³/mol. The molecule has 2 rings (SSSR count). The Bertz CT molecular complexity index is 365. The standard InChI is InChI=1S/C17H25ClO/c1-13-3-7-15(8-4-13)17(18)16-9-5-14(6-10-16)11-12-19-2/h5-6,9-10,13,15,17H,3-4,7-8,11-12H2,1-2H3. The van der Waals surface area contributed by atoms with E-state index in [0.717, 1.165) is 18.9 Å². The molecule has 0 spiro atoms. The second-order valence-corrected chi connectivity index (χ2v) is 6.38. The molecule has 0 bridgehead atoms. The maximum atomic E-state index is 6.66. The molecule has 1 fully saturated rings. The fourth-order valence-corrected chi connectivity index (χ4v) is 3.34. The van der Waals surface area contributed by atoms with Crippen LogP contribution in [0.2, 0.25) is 0 Å². The molecule has 1 saturated carbocycles. The van der Waals surface area contributed by atoms with E-state index in [1.165, 1.54) is 36.8 Å². The van der Waals surface area contributed by atoms with Crippen molar-refractivity contribution in [1.29, 1.82) is 0 Å². The van der Waals surface area contributed by atoms with Gasteiger partial charge >= 0.3 is 0 Å². The van der Waals surface area contributed by atoms with Crippen molar-refractivity contribution in [3.63, 3.8) is 0 Å². The number of benzene rings is 1. The maximum absolute atomic E-state index is 6.66. The zero-order valence-electron chi connectivity index (χ0n) is 12.1. The SMILES string of the molecule is COCCc1ccc(C(Cl)C2CCC(C)CC2)cc1. The van der Waals surface area contributed by atoms with E-state index in [4.69, 9.17) is 16.3 Å². The molecule has 0 amide bonds. The third kappa shape index (κ3) is 4.22. The van der Waals surface area contributed by atoms with Gasteiger partial charge in [0.1, 0.15) is 0 Å². The van der Waals surface area contributed by atoms with Crippen molar-refractivity contribution >= 4 is 11.6 Å². The lowest BCUT2D eigenvalue weighted by Gasteiger charge is -2.29. The number of hydrogen-bond acceptors (Lipinski definition) is 1. The molecule has 0 heterocycles. The molecule has 1 aliphatic rings.